The lowest BCUT2D eigenvalue weighted by atomic mass is 9.73. The molecule has 0 amide bonds. The first-order valence-electron chi connectivity index (χ1n) is 8.87. The molecule has 0 aromatic heterocycles. The molecule has 0 saturated carbocycles. The molecule has 1 N–H and O–H groups in total. The molecule has 2 aromatic carbocycles. The van der Waals surface area contributed by atoms with Gasteiger partial charge in [-0.2, -0.15) is 5.26 Å². The van der Waals surface area contributed by atoms with Gasteiger partial charge < -0.3 is 14.2 Å². The number of nitriles is 1. The van der Waals surface area contributed by atoms with Crippen molar-refractivity contribution in [2.75, 3.05) is 14.2 Å². The summed E-state index contributed by atoms with van der Waals surface area (Å²) in [7, 11) is 3.19. The van der Waals surface area contributed by atoms with E-state index >= 15 is 0 Å². The predicted octanol–water partition coefficient (Wildman–Crippen LogP) is 4.29. The molecule has 2 unspecified atom stereocenters. The zero-order valence-corrected chi connectivity index (χ0v) is 15.3. The Labute approximate surface area is 158 Å². The minimum Gasteiger partial charge on any atom is -0.493 e. The lowest BCUT2D eigenvalue weighted by Crippen LogP contribution is -2.31. The largest absolute Gasteiger partial charge is 0.493 e. The number of nitrogens with zero attached hydrogens (tertiary/aromatic N) is 1. The van der Waals surface area contributed by atoms with Gasteiger partial charge in [-0.3, -0.25) is 5.41 Å². The van der Waals surface area contributed by atoms with Gasteiger partial charge in [0.1, 0.15) is 11.7 Å². The Balaban J connectivity index is 1.89. The average Bonchev–Trinajstić information content (AvgIpc) is 2.72. The van der Waals surface area contributed by atoms with E-state index < -0.39 is 5.92 Å². The summed E-state index contributed by atoms with van der Waals surface area (Å²) in [5.74, 6) is 1.08. The number of ether oxygens (including phenoxy) is 3. The molecule has 5 nitrogen and oxygen atoms in total. The van der Waals surface area contributed by atoms with Gasteiger partial charge in [-0.05, 0) is 41.7 Å². The number of fused-ring (bicyclic) bond motifs is 2. The quantitative estimate of drug-likeness (QED) is 0.886. The summed E-state index contributed by atoms with van der Waals surface area (Å²) in [4.78, 5) is 0. The SMILES string of the molecule is COc1ccc(C2C3=C(OC(=N)C2C#N)c2ccccc2CC3)cc1OC. The van der Waals surface area contributed by atoms with E-state index in [4.69, 9.17) is 19.6 Å². The van der Waals surface area contributed by atoms with Crippen molar-refractivity contribution in [2.24, 2.45) is 5.92 Å². The van der Waals surface area contributed by atoms with Gasteiger partial charge in [0, 0.05) is 11.5 Å². The maximum Gasteiger partial charge on any atom is 0.205 e. The maximum atomic E-state index is 9.76. The topological polar surface area (TPSA) is 75.3 Å². The number of allylic oxidation sites excluding steroid dienone is 1. The molecule has 2 aliphatic rings. The third-order valence-electron chi connectivity index (χ3n) is 5.33. The number of nitrogens with one attached hydrogen (secondary N) is 1. The fourth-order valence-corrected chi connectivity index (χ4v) is 4.03. The third kappa shape index (κ3) is 2.74. The molecule has 2 atom stereocenters. The Kier molecular flexibility index (Phi) is 4.33. The fraction of sp³-hybridized carbons (Fsp3) is 0.273. The van der Waals surface area contributed by atoms with E-state index in [-0.39, 0.29) is 11.8 Å². The Hall–Kier alpha value is -3.26. The van der Waals surface area contributed by atoms with Crippen LogP contribution < -0.4 is 9.47 Å². The van der Waals surface area contributed by atoms with E-state index in [0.717, 1.165) is 35.3 Å². The molecule has 0 saturated heterocycles. The first-order chi connectivity index (χ1) is 13.2. The minimum absolute atomic E-state index is 0.00672. The van der Waals surface area contributed by atoms with Crippen LogP contribution in [0.15, 0.2) is 48.0 Å². The molecule has 0 fully saturated rings. The van der Waals surface area contributed by atoms with Gasteiger partial charge in [0.05, 0.1) is 20.3 Å². The molecule has 1 aliphatic heterocycles. The Morgan fingerprint density at radius 2 is 1.85 bits per heavy atom. The van der Waals surface area contributed by atoms with Gasteiger partial charge in [-0.1, -0.05) is 30.3 Å². The highest BCUT2D eigenvalue weighted by atomic mass is 16.5. The van der Waals surface area contributed by atoms with Crippen LogP contribution in [0.4, 0.5) is 0 Å². The van der Waals surface area contributed by atoms with Gasteiger partial charge in [-0.15, -0.1) is 0 Å². The molecule has 2 aromatic rings. The molecular formula is C22H20N2O3. The second-order valence-corrected chi connectivity index (χ2v) is 6.68. The maximum absolute atomic E-state index is 9.76. The lowest BCUT2D eigenvalue weighted by molar-refractivity contribution is 0.353. The first-order valence-corrected chi connectivity index (χ1v) is 8.87. The number of methoxy groups -OCH3 is 2. The van der Waals surface area contributed by atoms with Crippen molar-refractivity contribution in [1.29, 1.82) is 10.7 Å². The molecule has 136 valence electrons. The van der Waals surface area contributed by atoms with Crippen LogP contribution in [-0.2, 0) is 11.2 Å². The normalized spacial score (nSPS) is 20.9. The van der Waals surface area contributed by atoms with Crippen molar-refractivity contribution in [2.45, 2.75) is 18.8 Å². The molecule has 27 heavy (non-hydrogen) atoms. The van der Waals surface area contributed by atoms with Crippen molar-refractivity contribution in [3.63, 3.8) is 0 Å². The zero-order valence-electron chi connectivity index (χ0n) is 15.3. The number of hydrogen-bond acceptors (Lipinski definition) is 5. The summed E-state index contributed by atoms with van der Waals surface area (Å²) in [5, 5.41) is 18.1. The van der Waals surface area contributed by atoms with Crippen molar-refractivity contribution >= 4 is 11.7 Å². The van der Waals surface area contributed by atoms with Gasteiger partial charge in [0.15, 0.2) is 11.5 Å². The number of benzene rings is 2. The van der Waals surface area contributed by atoms with Crippen LogP contribution in [0.1, 0.15) is 29.0 Å². The summed E-state index contributed by atoms with van der Waals surface area (Å²) in [6.45, 7) is 0. The molecular weight excluding hydrogens is 340 g/mol. The summed E-state index contributed by atoms with van der Waals surface area (Å²) < 4.78 is 16.6. The third-order valence-corrected chi connectivity index (χ3v) is 5.33. The van der Waals surface area contributed by atoms with Crippen LogP contribution in [0, 0.1) is 22.7 Å². The van der Waals surface area contributed by atoms with E-state index in [0.29, 0.717) is 11.5 Å². The highest BCUT2D eigenvalue weighted by Crippen LogP contribution is 2.48. The number of aryl methyl sites for hydroxylation is 1. The first kappa shape index (κ1) is 17.2. The summed E-state index contributed by atoms with van der Waals surface area (Å²) in [6, 6.07) is 16.1. The smallest absolute Gasteiger partial charge is 0.205 e. The van der Waals surface area contributed by atoms with Crippen LogP contribution in [-0.4, -0.2) is 20.1 Å². The molecule has 0 bridgehead atoms. The summed E-state index contributed by atoms with van der Waals surface area (Å²) >= 11 is 0. The summed E-state index contributed by atoms with van der Waals surface area (Å²) in [6.07, 6.45) is 1.70. The van der Waals surface area contributed by atoms with E-state index in [2.05, 4.69) is 12.1 Å². The Morgan fingerprint density at radius 3 is 2.59 bits per heavy atom. The molecule has 5 heteroatoms. The summed E-state index contributed by atoms with van der Waals surface area (Å²) in [5.41, 5.74) is 4.23. The van der Waals surface area contributed by atoms with Gasteiger partial charge >= 0.3 is 0 Å². The van der Waals surface area contributed by atoms with Crippen molar-refractivity contribution in [1.82, 2.24) is 0 Å². The molecule has 0 radical (unpaired) electrons. The highest BCUT2D eigenvalue weighted by molar-refractivity contribution is 5.90. The highest BCUT2D eigenvalue weighted by Gasteiger charge is 2.40. The van der Waals surface area contributed by atoms with Crippen LogP contribution in [0.25, 0.3) is 5.76 Å². The average molecular weight is 360 g/mol. The van der Waals surface area contributed by atoms with Crippen LogP contribution in [0.5, 0.6) is 11.5 Å². The molecule has 0 spiro atoms. The second kappa shape index (κ2) is 6.81. The monoisotopic (exact) mass is 360 g/mol. The Bertz CT molecular complexity index is 987. The van der Waals surface area contributed by atoms with E-state index in [1.165, 1.54) is 5.56 Å². The van der Waals surface area contributed by atoms with Crippen molar-refractivity contribution in [3.05, 3.63) is 64.7 Å². The lowest BCUT2D eigenvalue weighted by Gasteiger charge is -2.36. The number of hydrogen-bond donors (Lipinski definition) is 1. The van der Waals surface area contributed by atoms with Crippen molar-refractivity contribution in [3.8, 4) is 17.6 Å². The van der Waals surface area contributed by atoms with E-state index in [9.17, 15) is 5.26 Å². The van der Waals surface area contributed by atoms with Crippen LogP contribution in [0.3, 0.4) is 0 Å². The number of rotatable bonds is 3. The van der Waals surface area contributed by atoms with Crippen molar-refractivity contribution < 1.29 is 14.2 Å². The standard InChI is InChI=1S/C22H20N2O3/c1-25-18-10-8-14(11-19(18)26-2)20-16-9-7-13-5-3-4-6-15(13)21(16)27-22(24)17(20)12-23/h3-6,8,10-11,17,20,24H,7,9H2,1-2H3. The van der Waals surface area contributed by atoms with E-state index in [1.54, 1.807) is 14.2 Å². The van der Waals surface area contributed by atoms with Gasteiger partial charge in [-0.25, -0.2) is 0 Å². The molecule has 1 aliphatic carbocycles. The van der Waals surface area contributed by atoms with Gasteiger partial charge in [0.25, 0.3) is 0 Å². The van der Waals surface area contributed by atoms with Gasteiger partial charge in [0.2, 0.25) is 5.90 Å². The van der Waals surface area contributed by atoms with Crippen LogP contribution >= 0.6 is 0 Å². The fourth-order valence-electron chi connectivity index (χ4n) is 4.03. The molecule has 1 heterocycles. The predicted molar refractivity (Wildman–Crippen MR) is 102 cm³/mol. The second-order valence-electron chi connectivity index (χ2n) is 6.68. The van der Waals surface area contributed by atoms with Crippen LogP contribution in [0.2, 0.25) is 0 Å². The Morgan fingerprint density at radius 1 is 1.07 bits per heavy atom. The zero-order chi connectivity index (χ0) is 19.0. The van der Waals surface area contributed by atoms with E-state index in [1.807, 2.05) is 36.4 Å². The minimum atomic E-state index is -0.660. The molecule has 4 rings (SSSR count).